The van der Waals surface area contributed by atoms with Crippen LogP contribution in [0.15, 0.2) is 24.3 Å². The Kier molecular flexibility index (Phi) is 7.00. The first kappa shape index (κ1) is 16.3. The van der Waals surface area contributed by atoms with Crippen LogP contribution in [0.5, 0.6) is 5.75 Å². The van der Waals surface area contributed by atoms with Crippen LogP contribution in [0.3, 0.4) is 0 Å². The molecule has 118 valence electrons. The quantitative estimate of drug-likeness (QED) is 0.708. The Hall–Kier alpha value is -1.10. The Labute approximate surface area is 128 Å². The molecule has 4 nitrogen and oxygen atoms in total. The summed E-state index contributed by atoms with van der Waals surface area (Å²) in [7, 11) is 2.14. The van der Waals surface area contributed by atoms with E-state index in [0.29, 0.717) is 6.04 Å². The van der Waals surface area contributed by atoms with Gasteiger partial charge in [-0.15, -0.1) is 0 Å². The highest BCUT2D eigenvalue weighted by atomic mass is 16.5. The molecule has 0 aliphatic carbocycles. The average Bonchev–Trinajstić information content (AvgIpc) is 3.03. The molecule has 1 aliphatic rings. The van der Waals surface area contributed by atoms with E-state index >= 15 is 0 Å². The minimum absolute atomic E-state index is 0.556. The Morgan fingerprint density at radius 1 is 1.33 bits per heavy atom. The van der Waals surface area contributed by atoms with Crippen LogP contribution in [0.2, 0.25) is 0 Å². The van der Waals surface area contributed by atoms with Gasteiger partial charge in [0.05, 0.1) is 6.61 Å². The van der Waals surface area contributed by atoms with Crippen molar-refractivity contribution in [3.05, 3.63) is 29.8 Å². The van der Waals surface area contributed by atoms with Gasteiger partial charge < -0.3 is 14.8 Å². The van der Waals surface area contributed by atoms with E-state index in [1.165, 1.54) is 12.0 Å². The zero-order chi connectivity index (χ0) is 14.9. The van der Waals surface area contributed by atoms with Crippen LogP contribution in [0.1, 0.15) is 25.3 Å². The number of likely N-dealkylation sites (N-methyl/N-ethyl adjacent to an activating group) is 1. The molecular formula is C17H28N2O2. The summed E-state index contributed by atoms with van der Waals surface area (Å²) in [6.07, 6.45) is 2.30. The summed E-state index contributed by atoms with van der Waals surface area (Å²) >= 11 is 0. The van der Waals surface area contributed by atoms with Crippen LogP contribution in [0, 0.1) is 0 Å². The van der Waals surface area contributed by atoms with E-state index in [2.05, 4.69) is 48.5 Å². The van der Waals surface area contributed by atoms with E-state index in [9.17, 15) is 0 Å². The molecule has 0 amide bonds. The third-order valence-corrected chi connectivity index (χ3v) is 3.92. The summed E-state index contributed by atoms with van der Waals surface area (Å²) in [5.41, 5.74) is 1.30. The van der Waals surface area contributed by atoms with Crippen molar-refractivity contribution in [1.82, 2.24) is 10.2 Å². The molecule has 1 N–H and O–H groups in total. The molecule has 4 heteroatoms. The number of nitrogens with zero attached hydrogens (tertiary/aromatic N) is 1. The molecule has 1 heterocycles. The molecule has 1 saturated heterocycles. The second-order valence-corrected chi connectivity index (χ2v) is 5.67. The fraction of sp³-hybridized carbons (Fsp3) is 0.647. The van der Waals surface area contributed by atoms with Gasteiger partial charge in [0, 0.05) is 25.7 Å². The number of benzene rings is 1. The SMILES string of the molecule is CCCNCc1ccc(OCCN(C)C2CCOC2)cc1. The first-order valence-corrected chi connectivity index (χ1v) is 8.00. The minimum Gasteiger partial charge on any atom is -0.492 e. The van der Waals surface area contributed by atoms with Crippen molar-refractivity contribution in [1.29, 1.82) is 0 Å². The highest BCUT2D eigenvalue weighted by molar-refractivity contribution is 5.27. The van der Waals surface area contributed by atoms with Gasteiger partial charge in [0.2, 0.25) is 0 Å². The second kappa shape index (κ2) is 9.03. The summed E-state index contributed by atoms with van der Waals surface area (Å²) in [6, 6.07) is 8.93. The van der Waals surface area contributed by atoms with Crippen molar-refractivity contribution in [3.8, 4) is 5.75 Å². The van der Waals surface area contributed by atoms with Gasteiger partial charge in [0.1, 0.15) is 12.4 Å². The van der Waals surface area contributed by atoms with Crippen LogP contribution < -0.4 is 10.1 Å². The van der Waals surface area contributed by atoms with Gasteiger partial charge in [-0.25, -0.2) is 0 Å². The second-order valence-electron chi connectivity index (χ2n) is 5.67. The Morgan fingerprint density at radius 3 is 2.81 bits per heavy atom. The highest BCUT2D eigenvalue weighted by Gasteiger charge is 2.19. The maximum atomic E-state index is 5.81. The molecule has 2 rings (SSSR count). The molecule has 21 heavy (non-hydrogen) atoms. The molecule has 0 radical (unpaired) electrons. The van der Waals surface area contributed by atoms with Crippen LogP contribution in [-0.4, -0.2) is 50.9 Å². The van der Waals surface area contributed by atoms with E-state index in [4.69, 9.17) is 9.47 Å². The van der Waals surface area contributed by atoms with Crippen molar-refractivity contribution in [2.75, 3.05) is 40.0 Å². The first-order valence-electron chi connectivity index (χ1n) is 8.00. The fourth-order valence-corrected chi connectivity index (χ4v) is 2.47. The molecule has 0 saturated carbocycles. The molecule has 1 aromatic rings. The number of hydrogen-bond donors (Lipinski definition) is 1. The summed E-state index contributed by atoms with van der Waals surface area (Å²) in [4.78, 5) is 2.33. The van der Waals surface area contributed by atoms with Crippen LogP contribution in [0.4, 0.5) is 0 Å². The van der Waals surface area contributed by atoms with Crippen LogP contribution in [0.25, 0.3) is 0 Å². The largest absolute Gasteiger partial charge is 0.492 e. The van der Waals surface area contributed by atoms with Crippen molar-refractivity contribution >= 4 is 0 Å². The number of nitrogens with one attached hydrogen (secondary N) is 1. The molecule has 0 bridgehead atoms. The first-order chi connectivity index (χ1) is 10.3. The molecule has 1 unspecified atom stereocenters. The lowest BCUT2D eigenvalue weighted by atomic mass is 10.2. The molecule has 0 spiro atoms. The van der Waals surface area contributed by atoms with Crippen molar-refractivity contribution in [3.63, 3.8) is 0 Å². The third-order valence-electron chi connectivity index (χ3n) is 3.92. The van der Waals surface area contributed by atoms with Crippen LogP contribution in [-0.2, 0) is 11.3 Å². The predicted octanol–water partition coefficient (Wildman–Crippen LogP) is 2.29. The maximum absolute atomic E-state index is 5.81. The lowest BCUT2D eigenvalue weighted by Gasteiger charge is -2.22. The Balaban J connectivity index is 1.66. The zero-order valence-corrected chi connectivity index (χ0v) is 13.3. The molecular weight excluding hydrogens is 264 g/mol. The topological polar surface area (TPSA) is 33.7 Å². The number of rotatable bonds is 9. The summed E-state index contributed by atoms with van der Waals surface area (Å²) in [5.74, 6) is 0.949. The summed E-state index contributed by atoms with van der Waals surface area (Å²) in [5, 5.41) is 3.40. The zero-order valence-electron chi connectivity index (χ0n) is 13.3. The van der Waals surface area contributed by atoms with Gasteiger partial charge in [0.25, 0.3) is 0 Å². The lowest BCUT2D eigenvalue weighted by Crippen LogP contribution is -2.35. The highest BCUT2D eigenvalue weighted by Crippen LogP contribution is 2.13. The molecule has 1 aromatic carbocycles. The molecule has 1 fully saturated rings. The van der Waals surface area contributed by atoms with Crippen molar-refractivity contribution in [2.45, 2.75) is 32.4 Å². The number of hydrogen-bond acceptors (Lipinski definition) is 4. The summed E-state index contributed by atoms with van der Waals surface area (Å²) < 4.78 is 11.2. The van der Waals surface area contributed by atoms with Gasteiger partial charge >= 0.3 is 0 Å². The normalized spacial score (nSPS) is 18.3. The van der Waals surface area contributed by atoms with E-state index in [1.807, 2.05) is 0 Å². The predicted molar refractivity (Wildman–Crippen MR) is 85.8 cm³/mol. The van der Waals surface area contributed by atoms with E-state index in [0.717, 1.165) is 51.6 Å². The van der Waals surface area contributed by atoms with Crippen molar-refractivity contribution in [2.24, 2.45) is 0 Å². The van der Waals surface area contributed by atoms with Crippen molar-refractivity contribution < 1.29 is 9.47 Å². The van der Waals surface area contributed by atoms with Gasteiger partial charge in [0.15, 0.2) is 0 Å². The molecule has 0 aromatic heterocycles. The van der Waals surface area contributed by atoms with Gasteiger partial charge in [-0.3, -0.25) is 4.90 Å². The van der Waals surface area contributed by atoms with Gasteiger partial charge in [-0.1, -0.05) is 19.1 Å². The monoisotopic (exact) mass is 292 g/mol. The van der Waals surface area contributed by atoms with E-state index in [-0.39, 0.29) is 0 Å². The standard InChI is InChI=1S/C17H28N2O2/c1-3-9-18-13-15-4-6-17(7-5-15)21-12-10-19(2)16-8-11-20-14-16/h4-7,16,18H,3,8-14H2,1-2H3. The Bertz CT molecular complexity index is 388. The van der Waals surface area contributed by atoms with E-state index in [1.54, 1.807) is 0 Å². The van der Waals surface area contributed by atoms with Gasteiger partial charge in [-0.05, 0) is 44.1 Å². The smallest absolute Gasteiger partial charge is 0.119 e. The lowest BCUT2D eigenvalue weighted by molar-refractivity contribution is 0.147. The Morgan fingerprint density at radius 2 is 2.14 bits per heavy atom. The minimum atomic E-state index is 0.556. The maximum Gasteiger partial charge on any atom is 0.119 e. The molecule has 1 aliphatic heterocycles. The number of ether oxygens (including phenoxy) is 2. The van der Waals surface area contributed by atoms with Gasteiger partial charge in [-0.2, -0.15) is 0 Å². The summed E-state index contributed by atoms with van der Waals surface area (Å²) in [6.45, 7) is 7.58. The fourth-order valence-electron chi connectivity index (χ4n) is 2.47. The van der Waals surface area contributed by atoms with Crippen LogP contribution >= 0.6 is 0 Å². The molecule has 1 atom stereocenters. The van der Waals surface area contributed by atoms with E-state index < -0.39 is 0 Å². The third kappa shape index (κ3) is 5.65. The average molecular weight is 292 g/mol.